The molecule has 2 rings (SSSR count). The third-order valence-corrected chi connectivity index (χ3v) is 5.58. The third kappa shape index (κ3) is 4.77. The smallest absolute Gasteiger partial charge is 0.404 e. The van der Waals surface area contributed by atoms with Gasteiger partial charge in [0.05, 0.1) is 6.04 Å². The Morgan fingerprint density at radius 1 is 1.56 bits per heavy atom. The molecule has 0 spiro atoms. The number of halogens is 1. The van der Waals surface area contributed by atoms with Crippen molar-refractivity contribution in [3.8, 4) is 5.75 Å². The maximum Gasteiger partial charge on any atom is 0.404 e. The van der Waals surface area contributed by atoms with Crippen LogP contribution in [0, 0.1) is 5.82 Å². The highest BCUT2D eigenvalue weighted by Gasteiger charge is 2.39. The molecule has 0 radical (unpaired) electrons. The van der Waals surface area contributed by atoms with Crippen molar-refractivity contribution < 1.29 is 23.2 Å². The minimum absolute atomic E-state index is 0.0339. The van der Waals surface area contributed by atoms with Crippen LogP contribution in [-0.2, 0) is 22.5 Å². The molecule has 0 bridgehead atoms. The van der Waals surface area contributed by atoms with E-state index in [-0.39, 0.29) is 12.6 Å². The van der Waals surface area contributed by atoms with E-state index in [0.717, 1.165) is 0 Å². The fourth-order valence-corrected chi connectivity index (χ4v) is 3.44. The van der Waals surface area contributed by atoms with E-state index in [1.807, 2.05) is 20.8 Å². The summed E-state index contributed by atoms with van der Waals surface area (Å²) < 4.78 is 39.8. The van der Waals surface area contributed by atoms with Crippen molar-refractivity contribution in [2.45, 2.75) is 57.4 Å². The Morgan fingerprint density at radius 3 is 2.76 bits per heavy atom. The van der Waals surface area contributed by atoms with Crippen LogP contribution in [0.1, 0.15) is 51.8 Å². The summed E-state index contributed by atoms with van der Waals surface area (Å²) in [5.74, 6) is 0.135. The van der Waals surface area contributed by atoms with Crippen molar-refractivity contribution in [2.75, 3.05) is 6.61 Å². The van der Waals surface area contributed by atoms with Gasteiger partial charge in [0.1, 0.15) is 28.5 Å². The SMILES string of the molecule is C[C@@H](N[S+]([O-])C(C)(C)C)c1cc(F)cc2c1OC(C)(COC(N)=O)C2. The summed E-state index contributed by atoms with van der Waals surface area (Å²) in [6.07, 6.45) is -0.502. The zero-order valence-electron chi connectivity index (χ0n) is 15.1. The van der Waals surface area contributed by atoms with Crippen molar-refractivity contribution in [3.05, 3.63) is 29.1 Å². The van der Waals surface area contributed by atoms with Crippen LogP contribution in [0.25, 0.3) is 0 Å². The van der Waals surface area contributed by atoms with Gasteiger partial charge in [0.2, 0.25) is 0 Å². The standard InChI is InChI=1S/C17H25FN2O4S/c1-10(20-25(22)16(2,3)4)13-7-12(18)6-11-8-17(5,24-14(11)13)9-23-15(19)21/h6-7,10,20H,8-9H2,1-5H3,(H2,19,21)/t10-,17?,25?/m1/s1. The number of amides is 1. The summed E-state index contributed by atoms with van der Waals surface area (Å²) in [5, 5.41) is 0. The lowest BCUT2D eigenvalue weighted by atomic mass is 9.98. The third-order valence-electron chi connectivity index (χ3n) is 3.90. The van der Waals surface area contributed by atoms with Gasteiger partial charge in [-0.2, -0.15) is 0 Å². The van der Waals surface area contributed by atoms with Gasteiger partial charge in [-0.15, -0.1) is 4.72 Å². The van der Waals surface area contributed by atoms with Gasteiger partial charge in [0.15, 0.2) is 0 Å². The molecule has 3 atom stereocenters. The molecular weight excluding hydrogens is 347 g/mol. The number of rotatable bonds is 5. The van der Waals surface area contributed by atoms with Gasteiger partial charge in [-0.25, -0.2) is 9.18 Å². The molecule has 0 saturated carbocycles. The number of benzene rings is 1. The van der Waals surface area contributed by atoms with Gasteiger partial charge < -0.3 is 19.8 Å². The number of carbonyl (C=O) groups excluding carboxylic acids is 1. The first-order chi connectivity index (χ1) is 11.4. The molecule has 0 aliphatic carbocycles. The molecular formula is C17H25FN2O4S. The number of hydrogen-bond donors (Lipinski definition) is 2. The topological polar surface area (TPSA) is 96.6 Å². The Balaban J connectivity index is 2.25. The maximum absolute atomic E-state index is 14.1. The summed E-state index contributed by atoms with van der Waals surface area (Å²) in [6, 6.07) is 2.39. The molecule has 1 heterocycles. The highest BCUT2D eigenvalue weighted by atomic mass is 32.2. The Morgan fingerprint density at radius 2 is 2.20 bits per heavy atom. The average molecular weight is 372 g/mol. The molecule has 0 aromatic heterocycles. The summed E-state index contributed by atoms with van der Waals surface area (Å²) in [5.41, 5.74) is 5.46. The summed E-state index contributed by atoms with van der Waals surface area (Å²) >= 11 is -1.31. The first kappa shape index (κ1) is 19.8. The number of carbonyl (C=O) groups is 1. The highest BCUT2D eigenvalue weighted by Crippen LogP contribution is 2.41. The second-order valence-electron chi connectivity index (χ2n) is 7.54. The van der Waals surface area contributed by atoms with Gasteiger partial charge in [-0.05, 0) is 46.8 Å². The summed E-state index contributed by atoms with van der Waals surface area (Å²) in [6.45, 7) is 9.10. The fraction of sp³-hybridized carbons (Fsp3) is 0.588. The molecule has 8 heteroatoms. The lowest BCUT2D eigenvalue weighted by Crippen LogP contribution is -2.41. The summed E-state index contributed by atoms with van der Waals surface area (Å²) in [7, 11) is 0. The predicted octanol–water partition coefficient (Wildman–Crippen LogP) is 2.73. The molecule has 1 aliphatic heterocycles. The van der Waals surface area contributed by atoms with E-state index in [9.17, 15) is 13.7 Å². The largest absolute Gasteiger partial charge is 0.598 e. The van der Waals surface area contributed by atoms with Crippen molar-refractivity contribution in [3.63, 3.8) is 0 Å². The monoisotopic (exact) mass is 372 g/mol. The van der Waals surface area contributed by atoms with Crippen LogP contribution in [0.3, 0.4) is 0 Å². The van der Waals surface area contributed by atoms with E-state index >= 15 is 0 Å². The Hall–Kier alpha value is -1.51. The lowest BCUT2D eigenvalue weighted by molar-refractivity contribution is 0.0313. The molecule has 1 aliphatic rings. The number of nitrogens with two attached hydrogens (primary N) is 1. The fourth-order valence-electron chi connectivity index (χ4n) is 2.64. The van der Waals surface area contributed by atoms with Crippen LogP contribution < -0.4 is 15.2 Å². The maximum atomic E-state index is 14.1. The molecule has 3 N–H and O–H groups in total. The second kappa shape index (κ2) is 7.01. The van der Waals surface area contributed by atoms with Gasteiger partial charge in [-0.1, -0.05) is 0 Å². The molecule has 25 heavy (non-hydrogen) atoms. The van der Waals surface area contributed by atoms with E-state index in [4.69, 9.17) is 15.2 Å². The Bertz CT molecular complexity index is 665. The van der Waals surface area contributed by atoms with Gasteiger partial charge in [0, 0.05) is 28.9 Å². The first-order valence-electron chi connectivity index (χ1n) is 8.03. The quantitative estimate of drug-likeness (QED) is 0.775. The number of fused-ring (bicyclic) bond motifs is 1. The number of nitrogens with one attached hydrogen (secondary N) is 1. The van der Waals surface area contributed by atoms with Crippen LogP contribution in [0.4, 0.5) is 9.18 Å². The minimum atomic E-state index is -1.31. The molecule has 2 unspecified atom stereocenters. The van der Waals surface area contributed by atoms with Gasteiger partial charge >= 0.3 is 6.09 Å². The van der Waals surface area contributed by atoms with E-state index in [1.165, 1.54) is 12.1 Å². The normalized spacial score (nSPS) is 22.0. The van der Waals surface area contributed by atoms with Crippen LogP contribution in [0.5, 0.6) is 5.75 Å². The molecule has 140 valence electrons. The van der Waals surface area contributed by atoms with Crippen molar-refractivity contribution in [1.29, 1.82) is 0 Å². The molecule has 1 aromatic carbocycles. The lowest BCUT2D eigenvalue weighted by Gasteiger charge is -2.28. The van der Waals surface area contributed by atoms with Crippen molar-refractivity contribution >= 4 is 17.5 Å². The van der Waals surface area contributed by atoms with Gasteiger partial charge in [0.25, 0.3) is 0 Å². The van der Waals surface area contributed by atoms with Gasteiger partial charge in [-0.3, -0.25) is 0 Å². The predicted molar refractivity (Wildman–Crippen MR) is 94.1 cm³/mol. The zero-order chi connectivity index (χ0) is 19.0. The number of ether oxygens (including phenoxy) is 2. The molecule has 1 aromatic rings. The number of primary amides is 1. The number of hydrogen-bond acceptors (Lipinski definition) is 5. The van der Waals surface area contributed by atoms with Crippen LogP contribution in [-0.4, -0.2) is 27.6 Å². The molecule has 0 fully saturated rings. The molecule has 1 amide bonds. The second-order valence-corrected chi connectivity index (χ2v) is 9.54. The van der Waals surface area contributed by atoms with E-state index in [2.05, 4.69) is 4.72 Å². The first-order valence-corrected chi connectivity index (χ1v) is 9.18. The minimum Gasteiger partial charge on any atom is -0.598 e. The van der Waals surface area contributed by atoms with Crippen LogP contribution in [0.2, 0.25) is 0 Å². The van der Waals surface area contributed by atoms with Crippen LogP contribution >= 0.6 is 0 Å². The summed E-state index contributed by atoms with van der Waals surface area (Å²) in [4.78, 5) is 10.9. The molecule has 0 saturated heterocycles. The highest BCUT2D eigenvalue weighted by molar-refractivity contribution is 7.90. The Kier molecular flexibility index (Phi) is 5.56. The molecule has 6 nitrogen and oxygen atoms in total. The van der Waals surface area contributed by atoms with E-state index in [0.29, 0.717) is 23.3 Å². The van der Waals surface area contributed by atoms with Crippen LogP contribution in [0.15, 0.2) is 12.1 Å². The van der Waals surface area contributed by atoms with Crippen molar-refractivity contribution in [1.82, 2.24) is 4.72 Å². The zero-order valence-corrected chi connectivity index (χ0v) is 16.0. The van der Waals surface area contributed by atoms with E-state index in [1.54, 1.807) is 13.8 Å². The average Bonchev–Trinajstić information content (AvgIpc) is 2.80. The van der Waals surface area contributed by atoms with E-state index < -0.39 is 33.6 Å². The van der Waals surface area contributed by atoms with Crippen molar-refractivity contribution in [2.24, 2.45) is 5.73 Å². The Labute approximate surface area is 150 Å².